The molecule has 7 heteroatoms. The molecule has 1 amide bonds. The number of carbonyl (C=O) groups is 1. The molecule has 0 saturated carbocycles. The summed E-state index contributed by atoms with van der Waals surface area (Å²) in [5.41, 5.74) is -0.641. The van der Waals surface area contributed by atoms with Gasteiger partial charge in [0, 0.05) is 6.42 Å². The second-order valence-electron chi connectivity index (χ2n) is 6.28. The fraction of sp³-hybridized carbons (Fsp3) is 0.588. The lowest BCUT2D eigenvalue weighted by atomic mass is 10.0. The minimum absolute atomic E-state index is 0.0178. The van der Waals surface area contributed by atoms with Crippen LogP contribution in [0.2, 0.25) is 0 Å². The van der Waals surface area contributed by atoms with Crippen LogP contribution in [0, 0.1) is 0 Å². The number of ether oxygens (including phenoxy) is 2. The Labute approximate surface area is 143 Å². The predicted molar refractivity (Wildman–Crippen MR) is 92.2 cm³/mol. The largest absolute Gasteiger partial charge is 0.490 e. The maximum Gasteiger partial charge on any atom is 0.220 e. The van der Waals surface area contributed by atoms with Crippen molar-refractivity contribution in [3.05, 3.63) is 24.3 Å². The summed E-state index contributed by atoms with van der Waals surface area (Å²) in [6, 6.07) is 7.41. The number of rotatable bonds is 8. The monoisotopic (exact) mass is 355 g/mol. The molecule has 1 aliphatic heterocycles. The van der Waals surface area contributed by atoms with Crippen LogP contribution in [-0.2, 0) is 14.6 Å². The van der Waals surface area contributed by atoms with Crippen LogP contribution in [0.4, 0.5) is 0 Å². The third kappa shape index (κ3) is 5.40. The summed E-state index contributed by atoms with van der Waals surface area (Å²) in [4.78, 5) is 12.0. The Morgan fingerprint density at radius 3 is 2.50 bits per heavy atom. The minimum atomic E-state index is -3.02. The van der Waals surface area contributed by atoms with Gasteiger partial charge < -0.3 is 14.8 Å². The van der Waals surface area contributed by atoms with E-state index in [1.54, 1.807) is 6.92 Å². The Bertz CT molecular complexity index is 673. The van der Waals surface area contributed by atoms with Crippen LogP contribution >= 0.6 is 0 Å². The molecule has 1 heterocycles. The lowest BCUT2D eigenvalue weighted by Gasteiger charge is -2.23. The molecule has 1 N–H and O–H groups in total. The molecule has 1 fully saturated rings. The summed E-state index contributed by atoms with van der Waals surface area (Å²) in [5, 5.41) is 2.84. The summed E-state index contributed by atoms with van der Waals surface area (Å²) in [7, 11) is -3.02. The van der Waals surface area contributed by atoms with Gasteiger partial charge in [-0.2, -0.15) is 0 Å². The van der Waals surface area contributed by atoms with Gasteiger partial charge in [-0.25, -0.2) is 8.42 Å². The van der Waals surface area contributed by atoms with Crippen LogP contribution < -0.4 is 14.8 Å². The smallest absolute Gasteiger partial charge is 0.220 e. The van der Waals surface area contributed by atoms with Crippen molar-refractivity contribution in [3.63, 3.8) is 0 Å². The molecule has 0 aliphatic carbocycles. The normalized spacial score (nSPS) is 22.1. The van der Waals surface area contributed by atoms with Crippen molar-refractivity contribution in [1.29, 1.82) is 0 Å². The van der Waals surface area contributed by atoms with Gasteiger partial charge in [0.15, 0.2) is 21.3 Å². The third-order valence-electron chi connectivity index (χ3n) is 3.90. The second kappa shape index (κ2) is 7.88. The molecule has 0 spiro atoms. The molecule has 2 rings (SSSR count). The van der Waals surface area contributed by atoms with Crippen LogP contribution in [0.5, 0.6) is 11.5 Å². The highest BCUT2D eigenvalue weighted by Gasteiger charge is 2.39. The highest BCUT2D eigenvalue weighted by Crippen LogP contribution is 2.26. The first kappa shape index (κ1) is 18.6. The van der Waals surface area contributed by atoms with E-state index in [0.29, 0.717) is 44.0 Å². The van der Waals surface area contributed by atoms with Crippen LogP contribution in [0.3, 0.4) is 0 Å². The molecule has 0 unspecified atom stereocenters. The fourth-order valence-electron chi connectivity index (χ4n) is 2.77. The number of hydrogen-bond donors (Lipinski definition) is 1. The first-order valence-corrected chi connectivity index (χ1v) is 10.0. The molecule has 1 atom stereocenters. The van der Waals surface area contributed by atoms with E-state index in [-0.39, 0.29) is 17.4 Å². The first-order chi connectivity index (χ1) is 11.3. The minimum Gasteiger partial charge on any atom is -0.490 e. The number of sulfone groups is 1. The summed E-state index contributed by atoms with van der Waals surface area (Å²) in [6.07, 6.45) is 1.32. The molecular formula is C17H25NO5S. The lowest BCUT2D eigenvalue weighted by Crippen LogP contribution is -2.46. The van der Waals surface area contributed by atoms with Gasteiger partial charge in [0.1, 0.15) is 0 Å². The van der Waals surface area contributed by atoms with Crippen molar-refractivity contribution < 1.29 is 22.7 Å². The highest BCUT2D eigenvalue weighted by molar-refractivity contribution is 7.91. The van der Waals surface area contributed by atoms with Crippen molar-refractivity contribution in [2.45, 2.75) is 38.6 Å². The Morgan fingerprint density at radius 1 is 1.25 bits per heavy atom. The maximum absolute atomic E-state index is 12.0. The van der Waals surface area contributed by atoms with E-state index >= 15 is 0 Å². The van der Waals surface area contributed by atoms with Crippen molar-refractivity contribution in [1.82, 2.24) is 5.32 Å². The molecule has 1 saturated heterocycles. The number of hydrogen-bond acceptors (Lipinski definition) is 5. The van der Waals surface area contributed by atoms with Crippen molar-refractivity contribution in [3.8, 4) is 11.5 Å². The zero-order valence-electron chi connectivity index (χ0n) is 14.2. The molecule has 0 aromatic heterocycles. The zero-order valence-corrected chi connectivity index (χ0v) is 15.0. The molecule has 0 bridgehead atoms. The topological polar surface area (TPSA) is 81.7 Å². The van der Waals surface area contributed by atoms with Gasteiger partial charge in [-0.3, -0.25) is 4.79 Å². The van der Waals surface area contributed by atoms with Crippen molar-refractivity contribution in [2.24, 2.45) is 0 Å². The Kier molecular flexibility index (Phi) is 6.10. The van der Waals surface area contributed by atoms with Crippen LogP contribution in [0.25, 0.3) is 0 Å². The summed E-state index contributed by atoms with van der Waals surface area (Å²) < 4.78 is 34.2. The zero-order chi connectivity index (χ0) is 17.6. The van der Waals surface area contributed by atoms with Crippen molar-refractivity contribution >= 4 is 15.7 Å². The van der Waals surface area contributed by atoms with E-state index in [1.165, 1.54) is 0 Å². The second-order valence-corrected chi connectivity index (χ2v) is 8.47. The molecular weight excluding hydrogens is 330 g/mol. The average molecular weight is 355 g/mol. The average Bonchev–Trinajstić information content (AvgIpc) is 2.78. The van der Waals surface area contributed by atoms with E-state index in [9.17, 15) is 13.2 Å². The first-order valence-electron chi connectivity index (χ1n) is 8.20. The van der Waals surface area contributed by atoms with E-state index < -0.39 is 15.4 Å². The Hall–Kier alpha value is -1.76. The summed E-state index contributed by atoms with van der Waals surface area (Å²) >= 11 is 0. The fourth-order valence-corrected chi connectivity index (χ4v) is 4.86. The van der Waals surface area contributed by atoms with Crippen molar-refractivity contribution in [2.75, 3.05) is 24.7 Å². The molecule has 6 nitrogen and oxygen atoms in total. The quantitative estimate of drug-likeness (QED) is 0.721. The number of benzene rings is 1. The number of para-hydroxylation sites is 2. The van der Waals surface area contributed by atoms with Gasteiger partial charge in [-0.15, -0.1) is 0 Å². The number of amides is 1. The van der Waals surface area contributed by atoms with Crippen LogP contribution in [0.15, 0.2) is 24.3 Å². The van der Waals surface area contributed by atoms with E-state index in [0.717, 1.165) is 0 Å². The van der Waals surface area contributed by atoms with E-state index in [2.05, 4.69) is 5.32 Å². The molecule has 24 heavy (non-hydrogen) atoms. The summed E-state index contributed by atoms with van der Waals surface area (Å²) in [6.45, 7) is 4.64. The third-order valence-corrected chi connectivity index (χ3v) is 5.80. The molecule has 1 aromatic carbocycles. The van der Waals surface area contributed by atoms with Gasteiger partial charge in [0.2, 0.25) is 5.91 Å². The lowest BCUT2D eigenvalue weighted by molar-refractivity contribution is -0.122. The Morgan fingerprint density at radius 2 is 1.92 bits per heavy atom. The molecule has 0 radical (unpaired) electrons. The van der Waals surface area contributed by atoms with Gasteiger partial charge in [0.25, 0.3) is 0 Å². The van der Waals surface area contributed by atoms with Gasteiger partial charge in [-0.1, -0.05) is 12.1 Å². The van der Waals surface area contributed by atoms with Gasteiger partial charge >= 0.3 is 0 Å². The van der Waals surface area contributed by atoms with Gasteiger partial charge in [0.05, 0.1) is 30.3 Å². The maximum atomic E-state index is 12.0. The van der Waals surface area contributed by atoms with Gasteiger partial charge in [-0.05, 0) is 38.8 Å². The van der Waals surface area contributed by atoms with Crippen LogP contribution in [-0.4, -0.2) is 44.6 Å². The van der Waals surface area contributed by atoms with E-state index in [1.807, 2.05) is 31.2 Å². The molecule has 1 aliphatic rings. The number of carbonyl (C=O) groups excluding carboxylic acids is 1. The SMILES string of the molecule is CCOc1ccccc1OCCCC(=O)N[C@]1(C)CCS(=O)(=O)C1. The van der Waals surface area contributed by atoms with Crippen LogP contribution in [0.1, 0.15) is 33.1 Å². The number of nitrogens with one attached hydrogen (secondary N) is 1. The highest BCUT2D eigenvalue weighted by atomic mass is 32.2. The Balaban J connectivity index is 1.74. The van der Waals surface area contributed by atoms with E-state index in [4.69, 9.17) is 9.47 Å². The molecule has 1 aromatic rings. The summed E-state index contributed by atoms with van der Waals surface area (Å²) in [5.74, 6) is 1.36. The predicted octanol–water partition coefficient (Wildman–Crippen LogP) is 1.94. The molecule has 134 valence electrons. The standard InChI is InChI=1S/C17H25NO5S/c1-3-22-14-7-4-5-8-15(14)23-11-6-9-16(19)18-17(2)10-12-24(20,21)13-17/h4-5,7-8H,3,6,9-13H2,1-2H3,(H,18,19)/t17-/m1/s1.